The number of esters is 1. The Balaban J connectivity index is 1.96. The molecular weight excluding hydrogens is 250 g/mol. The molecule has 0 radical (unpaired) electrons. The number of carbonyl (C=O) groups is 1. The van der Waals surface area contributed by atoms with Gasteiger partial charge in [-0.1, -0.05) is 0 Å². The Labute approximate surface area is 109 Å². The number of oxazole rings is 1. The first-order chi connectivity index (χ1) is 8.79. The molecule has 0 aliphatic heterocycles. The summed E-state index contributed by atoms with van der Waals surface area (Å²) in [5.41, 5.74) is 1.65. The summed E-state index contributed by atoms with van der Waals surface area (Å²) in [4.78, 5) is 18.1. The van der Waals surface area contributed by atoms with Gasteiger partial charge in [0.1, 0.15) is 0 Å². The highest BCUT2D eigenvalue weighted by molar-refractivity contribution is 7.15. The predicted octanol–water partition coefficient (Wildman–Crippen LogP) is 3.07. The van der Waals surface area contributed by atoms with Gasteiger partial charge in [0.15, 0.2) is 17.8 Å². The Morgan fingerprint density at radius 3 is 3.22 bits per heavy atom. The van der Waals surface area contributed by atoms with Gasteiger partial charge in [-0.3, -0.25) is 0 Å². The SMILES string of the molecule is CCOC(=O)c1ncoc1-c1cc2c(s1)CCC2. The third-order valence-electron chi connectivity index (χ3n) is 3.01. The standard InChI is InChI=1S/C13H13NO3S/c1-2-16-13(15)11-12(17-7-14-11)10-6-8-4-3-5-9(8)18-10/h6-7H,2-5H2,1H3. The van der Waals surface area contributed by atoms with Gasteiger partial charge in [-0.15, -0.1) is 11.3 Å². The molecule has 2 heterocycles. The van der Waals surface area contributed by atoms with Crippen molar-refractivity contribution in [2.45, 2.75) is 26.2 Å². The van der Waals surface area contributed by atoms with E-state index in [9.17, 15) is 4.79 Å². The molecule has 0 bridgehead atoms. The van der Waals surface area contributed by atoms with E-state index in [4.69, 9.17) is 9.15 Å². The maximum absolute atomic E-state index is 11.7. The molecule has 0 N–H and O–H groups in total. The summed E-state index contributed by atoms with van der Waals surface area (Å²) in [6.07, 6.45) is 4.77. The minimum Gasteiger partial charge on any atom is -0.461 e. The number of rotatable bonds is 3. The van der Waals surface area contributed by atoms with E-state index in [1.165, 1.54) is 23.3 Å². The molecule has 0 amide bonds. The summed E-state index contributed by atoms with van der Waals surface area (Å²) in [5, 5.41) is 0. The van der Waals surface area contributed by atoms with Crippen LogP contribution in [0.25, 0.3) is 10.6 Å². The second-order valence-electron chi connectivity index (χ2n) is 4.16. The van der Waals surface area contributed by atoms with Crippen LogP contribution in [0.15, 0.2) is 16.9 Å². The molecule has 2 aromatic rings. The number of aryl methyl sites for hydroxylation is 2. The zero-order valence-electron chi connectivity index (χ0n) is 10.1. The van der Waals surface area contributed by atoms with Gasteiger partial charge in [0.2, 0.25) is 0 Å². The maximum Gasteiger partial charge on any atom is 0.361 e. The highest BCUT2D eigenvalue weighted by Gasteiger charge is 2.23. The Bertz CT molecular complexity index is 563. The average Bonchev–Trinajstić information content (AvgIpc) is 3.03. The predicted molar refractivity (Wildman–Crippen MR) is 67.8 cm³/mol. The third-order valence-corrected chi connectivity index (χ3v) is 4.24. The van der Waals surface area contributed by atoms with Gasteiger partial charge in [-0.2, -0.15) is 0 Å². The fraction of sp³-hybridized carbons (Fsp3) is 0.385. The van der Waals surface area contributed by atoms with E-state index in [0.717, 1.165) is 17.7 Å². The fourth-order valence-corrected chi connectivity index (χ4v) is 3.45. The molecule has 0 fully saturated rings. The van der Waals surface area contributed by atoms with Crippen LogP contribution in [0.4, 0.5) is 0 Å². The molecule has 0 unspecified atom stereocenters. The molecule has 2 aromatic heterocycles. The molecule has 0 saturated heterocycles. The van der Waals surface area contributed by atoms with Crippen LogP contribution >= 0.6 is 11.3 Å². The van der Waals surface area contributed by atoms with Crippen molar-refractivity contribution >= 4 is 17.3 Å². The first kappa shape index (κ1) is 11.5. The fourth-order valence-electron chi connectivity index (χ4n) is 2.21. The van der Waals surface area contributed by atoms with E-state index < -0.39 is 5.97 Å². The molecular formula is C13H13NO3S. The minimum atomic E-state index is -0.421. The van der Waals surface area contributed by atoms with Crippen molar-refractivity contribution in [2.24, 2.45) is 0 Å². The smallest absolute Gasteiger partial charge is 0.361 e. The van der Waals surface area contributed by atoms with Crippen LogP contribution in [0.2, 0.25) is 0 Å². The van der Waals surface area contributed by atoms with E-state index >= 15 is 0 Å². The van der Waals surface area contributed by atoms with Crippen molar-refractivity contribution in [1.82, 2.24) is 4.98 Å². The van der Waals surface area contributed by atoms with Crippen LogP contribution in [0.1, 0.15) is 34.3 Å². The van der Waals surface area contributed by atoms with Gasteiger partial charge in [0.05, 0.1) is 11.5 Å². The van der Waals surface area contributed by atoms with E-state index in [2.05, 4.69) is 11.1 Å². The topological polar surface area (TPSA) is 52.3 Å². The highest BCUT2D eigenvalue weighted by Crippen LogP contribution is 2.37. The third kappa shape index (κ3) is 1.84. The van der Waals surface area contributed by atoms with Gasteiger partial charge in [-0.25, -0.2) is 9.78 Å². The van der Waals surface area contributed by atoms with Crippen molar-refractivity contribution in [3.05, 3.63) is 28.6 Å². The van der Waals surface area contributed by atoms with Gasteiger partial charge in [0.25, 0.3) is 0 Å². The molecule has 4 nitrogen and oxygen atoms in total. The lowest BCUT2D eigenvalue weighted by Gasteiger charge is -1.99. The average molecular weight is 263 g/mol. The van der Waals surface area contributed by atoms with Crippen LogP contribution in [-0.2, 0) is 17.6 Å². The molecule has 0 atom stereocenters. The minimum absolute atomic E-state index is 0.275. The summed E-state index contributed by atoms with van der Waals surface area (Å²) in [6.45, 7) is 2.11. The van der Waals surface area contributed by atoms with Crippen molar-refractivity contribution in [2.75, 3.05) is 6.61 Å². The number of nitrogens with zero attached hydrogens (tertiary/aromatic N) is 1. The van der Waals surface area contributed by atoms with E-state index in [-0.39, 0.29) is 5.69 Å². The molecule has 18 heavy (non-hydrogen) atoms. The van der Waals surface area contributed by atoms with Gasteiger partial charge >= 0.3 is 5.97 Å². The molecule has 3 rings (SSSR count). The van der Waals surface area contributed by atoms with Gasteiger partial charge in [-0.05, 0) is 37.8 Å². The van der Waals surface area contributed by atoms with E-state index in [1.54, 1.807) is 18.3 Å². The van der Waals surface area contributed by atoms with Crippen molar-refractivity contribution in [3.8, 4) is 10.6 Å². The van der Waals surface area contributed by atoms with E-state index in [0.29, 0.717) is 12.4 Å². The molecule has 1 aliphatic rings. The maximum atomic E-state index is 11.7. The number of hydrogen-bond donors (Lipinski definition) is 0. The number of carbonyl (C=O) groups excluding carboxylic acids is 1. The normalized spacial score (nSPS) is 13.6. The van der Waals surface area contributed by atoms with Gasteiger partial charge in [0, 0.05) is 4.88 Å². The zero-order valence-corrected chi connectivity index (χ0v) is 10.9. The largest absolute Gasteiger partial charge is 0.461 e. The van der Waals surface area contributed by atoms with Crippen LogP contribution < -0.4 is 0 Å². The van der Waals surface area contributed by atoms with Crippen molar-refractivity contribution < 1.29 is 13.9 Å². The van der Waals surface area contributed by atoms with Crippen LogP contribution in [0, 0.1) is 0 Å². The van der Waals surface area contributed by atoms with Crippen molar-refractivity contribution in [3.63, 3.8) is 0 Å². The van der Waals surface area contributed by atoms with Crippen molar-refractivity contribution in [1.29, 1.82) is 0 Å². The number of thiophene rings is 1. The lowest BCUT2D eigenvalue weighted by atomic mass is 10.2. The summed E-state index contributed by atoms with van der Waals surface area (Å²) >= 11 is 1.69. The van der Waals surface area contributed by atoms with Gasteiger partial charge < -0.3 is 9.15 Å². The van der Waals surface area contributed by atoms with E-state index in [1.807, 2.05) is 0 Å². The molecule has 0 aromatic carbocycles. The molecule has 94 valence electrons. The molecule has 1 aliphatic carbocycles. The Hall–Kier alpha value is -1.62. The lowest BCUT2D eigenvalue weighted by Crippen LogP contribution is -2.06. The summed E-state index contributed by atoms with van der Waals surface area (Å²) < 4.78 is 10.3. The lowest BCUT2D eigenvalue weighted by molar-refractivity contribution is 0.0520. The van der Waals surface area contributed by atoms with Crippen LogP contribution in [0.5, 0.6) is 0 Å². The molecule has 5 heteroatoms. The second-order valence-corrected chi connectivity index (χ2v) is 5.30. The number of fused-ring (bicyclic) bond motifs is 1. The zero-order chi connectivity index (χ0) is 12.5. The quantitative estimate of drug-likeness (QED) is 0.799. The highest BCUT2D eigenvalue weighted by atomic mass is 32.1. The summed E-state index contributed by atoms with van der Waals surface area (Å²) in [6, 6.07) is 2.11. The summed E-state index contributed by atoms with van der Waals surface area (Å²) in [5.74, 6) is 0.114. The Morgan fingerprint density at radius 2 is 2.44 bits per heavy atom. The summed E-state index contributed by atoms with van der Waals surface area (Å²) in [7, 11) is 0. The van der Waals surface area contributed by atoms with Crippen LogP contribution in [-0.4, -0.2) is 17.6 Å². The number of hydrogen-bond acceptors (Lipinski definition) is 5. The molecule has 0 spiro atoms. The first-order valence-corrected chi connectivity index (χ1v) is 6.83. The number of ether oxygens (including phenoxy) is 1. The second kappa shape index (κ2) is 4.57. The Kier molecular flexibility index (Phi) is 2.91. The monoisotopic (exact) mass is 263 g/mol. The first-order valence-electron chi connectivity index (χ1n) is 6.02. The van der Waals surface area contributed by atoms with Crippen LogP contribution in [0.3, 0.4) is 0 Å². The number of aromatic nitrogens is 1. The molecule has 0 saturated carbocycles. The Morgan fingerprint density at radius 1 is 1.56 bits per heavy atom.